The van der Waals surface area contributed by atoms with Crippen molar-refractivity contribution < 1.29 is 18.1 Å². The first kappa shape index (κ1) is 21.5. The summed E-state index contributed by atoms with van der Waals surface area (Å²) in [4.78, 5) is 3.66. The van der Waals surface area contributed by atoms with Crippen LogP contribution in [0.3, 0.4) is 0 Å². The Bertz CT molecular complexity index is 772. The Balaban J connectivity index is 1.65. The Hall–Kier alpha value is -1.22. The van der Waals surface area contributed by atoms with Gasteiger partial charge in [0.15, 0.2) is 14.9 Å². The number of hydrogen-bond acceptors (Lipinski definition) is 4. The highest BCUT2D eigenvalue weighted by atomic mass is 32.2. The molecule has 1 atom stereocenters. The fourth-order valence-corrected chi connectivity index (χ4v) is 6.21. The second-order valence-corrected chi connectivity index (χ2v) is 10.6. The van der Waals surface area contributed by atoms with E-state index in [1.807, 2.05) is 0 Å². The van der Waals surface area contributed by atoms with Crippen LogP contribution in [-0.4, -0.2) is 75.4 Å². The summed E-state index contributed by atoms with van der Waals surface area (Å²) in [6.07, 6.45) is 1.64. The lowest BCUT2D eigenvalue weighted by Crippen LogP contribution is -3.14. The fourth-order valence-electron chi connectivity index (χ4n) is 4.12. The fraction of sp³-hybridized carbons (Fsp3) is 0.650. The van der Waals surface area contributed by atoms with Crippen molar-refractivity contribution in [2.45, 2.75) is 32.7 Å². The minimum absolute atomic E-state index is 0.0319. The Morgan fingerprint density at radius 1 is 1.25 bits per heavy atom. The molecular formula is C20H32N3O3S2+. The molecule has 0 unspecified atom stereocenters. The van der Waals surface area contributed by atoms with E-state index in [1.165, 1.54) is 11.1 Å². The average molecular weight is 427 g/mol. The molecule has 2 heterocycles. The first-order valence-corrected chi connectivity index (χ1v) is 12.3. The van der Waals surface area contributed by atoms with Crippen LogP contribution in [-0.2, 0) is 14.6 Å². The zero-order chi connectivity index (χ0) is 20.1. The first-order valence-electron chi connectivity index (χ1n) is 10.1. The summed E-state index contributed by atoms with van der Waals surface area (Å²) in [5.74, 6) is 0.459. The smallest absolute Gasteiger partial charge is 0.173 e. The van der Waals surface area contributed by atoms with E-state index in [1.54, 1.807) is 4.90 Å². The summed E-state index contributed by atoms with van der Waals surface area (Å²) in [7, 11) is -2.96. The van der Waals surface area contributed by atoms with E-state index in [4.69, 9.17) is 17.0 Å². The van der Waals surface area contributed by atoms with Gasteiger partial charge >= 0.3 is 0 Å². The summed E-state index contributed by atoms with van der Waals surface area (Å²) < 4.78 is 29.5. The van der Waals surface area contributed by atoms with Gasteiger partial charge in [0.2, 0.25) is 0 Å². The van der Waals surface area contributed by atoms with E-state index in [9.17, 15) is 8.42 Å². The second kappa shape index (κ2) is 9.52. The Morgan fingerprint density at radius 3 is 2.54 bits per heavy atom. The number of quaternary nitrogens is 1. The maximum absolute atomic E-state index is 12.0. The lowest BCUT2D eigenvalue weighted by atomic mass is 10.1. The third kappa shape index (κ3) is 6.14. The summed E-state index contributed by atoms with van der Waals surface area (Å²) in [5.41, 5.74) is 3.32. The number of nitrogens with one attached hydrogen (secondary N) is 2. The Morgan fingerprint density at radius 2 is 1.93 bits per heavy atom. The molecule has 0 amide bonds. The van der Waals surface area contributed by atoms with Gasteiger partial charge in [0.05, 0.1) is 31.3 Å². The molecule has 0 radical (unpaired) electrons. The zero-order valence-electron chi connectivity index (χ0n) is 16.9. The molecule has 1 aromatic rings. The molecule has 156 valence electrons. The van der Waals surface area contributed by atoms with Crippen LogP contribution in [0.4, 0.5) is 5.69 Å². The molecule has 0 aliphatic carbocycles. The standard InChI is InChI=1S/C20H31N3O3S2/c1-16-12-17(2)14-18(13-16)21-20(27)23(19-4-11-28(24,25)15-19)6-3-5-22-7-9-26-10-8-22/h12-14,19H,3-11,15H2,1-2H3,(H,21,27)/p+1/t19-/m1/s1. The summed E-state index contributed by atoms with van der Waals surface area (Å²) in [6, 6.07) is 6.23. The highest BCUT2D eigenvalue weighted by molar-refractivity contribution is 7.91. The molecule has 28 heavy (non-hydrogen) atoms. The van der Waals surface area contributed by atoms with Crippen LogP contribution in [0.2, 0.25) is 0 Å². The molecule has 0 bridgehead atoms. The molecular weight excluding hydrogens is 394 g/mol. The quantitative estimate of drug-likeness (QED) is 0.656. The van der Waals surface area contributed by atoms with Crippen molar-refractivity contribution in [3.05, 3.63) is 29.3 Å². The molecule has 2 fully saturated rings. The van der Waals surface area contributed by atoms with E-state index < -0.39 is 9.84 Å². The van der Waals surface area contributed by atoms with Gasteiger partial charge in [-0.05, 0) is 55.7 Å². The number of thiocarbonyl (C=S) groups is 1. The Kier molecular flexibility index (Phi) is 7.31. The zero-order valence-corrected chi connectivity index (χ0v) is 18.5. The van der Waals surface area contributed by atoms with E-state index >= 15 is 0 Å². The molecule has 2 aliphatic rings. The van der Waals surface area contributed by atoms with Crippen LogP contribution < -0.4 is 10.2 Å². The molecule has 0 spiro atoms. The van der Waals surface area contributed by atoms with Crippen LogP contribution in [0.25, 0.3) is 0 Å². The van der Waals surface area contributed by atoms with Crippen LogP contribution in [0.5, 0.6) is 0 Å². The minimum atomic E-state index is -2.96. The molecule has 0 aromatic heterocycles. The van der Waals surface area contributed by atoms with Crippen molar-refractivity contribution in [2.75, 3.05) is 56.2 Å². The van der Waals surface area contributed by atoms with Crippen LogP contribution in [0.1, 0.15) is 24.0 Å². The summed E-state index contributed by atoms with van der Waals surface area (Å²) in [6.45, 7) is 9.71. The number of aryl methyl sites for hydroxylation is 2. The van der Waals surface area contributed by atoms with Crippen molar-refractivity contribution in [1.29, 1.82) is 0 Å². The SMILES string of the molecule is Cc1cc(C)cc(NC(=S)N(CCC[NH+]2CCOCC2)[C@@H]2CCS(=O)(=O)C2)c1. The molecule has 2 saturated heterocycles. The molecule has 3 rings (SSSR count). The third-order valence-corrected chi connectivity index (χ3v) is 7.60. The number of hydrogen-bond donors (Lipinski definition) is 2. The predicted molar refractivity (Wildman–Crippen MR) is 117 cm³/mol. The minimum Gasteiger partial charge on any atom is -0.370 e. The molecule has 6 nitrogen and oxygen atoms in total. The van der Waals surface area contributed by atoms with Crippen LogP contribution >= 0.6 is 12.2 Å². The van der Waals surface area contributed by atoms with Gasteiger partial charge in [0.25, 0.3) is 0 Å². The van der Waals surface area contributed by atoms with E-state index in [2.05, 4.69) is 42.3 Å². The van der Waals surface area contributed by atoms with E-state index in [0.717, 1.165) is 51.5 Å². The van der Waals surface area contributed by atoms with Gasteiger partial charge in [-0.25, -0.2) is 8.42 Å². The van der Waals surface area contributed by atoms with Gasteiger partial charge < -0.3 is 19.9 Å². The van der Waals surface area contributed by atoms with Crippen LogP contribution in [0.15, 0.2) is 18.2 Å². The number of benzene rings is 1. The van der Waals surface area contributed by atoms with Crippen molar-refractivity contribution in [3.63, 3.8) is 0 Å². The maximum Gasteiger partial charge on any atom is 0.173 e. The molecule has 0 saturated carbocycles. The average Bonchev–Trinajstić information content (AvgIpc) is 2.98. The van der Waals surface area contributed by atoms with Crippen LogP contribution in [0, 0.1) is 13.8 Å². The van der Waals surface area contributed by atoms with Crippen molar-refractivity contribution in [2.24, 2.45) is 0 Å². The van der Waals surface area contributed by atoms with Crippen molar-refractivity contribution in [3.8, 4) is 0 Å². The van der Waals surface area contributed by atoms with E-state index in [0.29, 0.717) is 11.5 Å². The van der Waals surface area contributed by atoms with Gasteiger partial charge in [0.1, 0.15) is 13.1 Å². The predicted octanol–water partition coefficient (Wildman–Crippen LogP) is 0.795. The number of anilines is 1. The Labute approximate surface area is 174 Å². The topological polar surface area (TPSA) is 63.1 Å². The highest BCUT2D eigenvalue weighted by Crippen LogP contribution is 2.20. The molecule has 2 N–H and O–H groups in total. The number of sulfone groups is 1. The molecule has 8 heteroatoms. The normalized spacial score (nSPS) is 22.1. The summed E-state index contributed by atoms with van der Waals surface area (Å²) in [5, 5.41) is 3.98. The largest absolute Gasteiger partial charge is 0.370 e. The number of ether oxygens (including phenoxy) is 1. The van der Waals surface area contributed by atoms with Crippen molar-refractivity contribution in [1.82, 2.24) is 4.90 Å². The van der Waals surface area contributed by atoms with E-state index in [-0.39, 0.29) is 17.5 Å². The van der Waals surface area contributed by atoms with Gasteiger partial charge in [-0.3, -0.25) is 0 Å². The van der Waals surface area contributed by atoms with Gasteiger partial charge in [-0.1, -0.05) is 6.07 Å². The third-order valence-electron chi connectivity index (χ3n) is 5.51. The summed E-state index contributed by atoms with van der Waals surface area (Å²) >= 11 is 5.72. The number of nitrogens with zero attached hydrogens (tertiary/aromatic N) is 1. The maximum atomic E-state index is 12.0. The number of morpholine rings is 1. The lowest BCUT2D eigenvalue weighted by Gasteiger charge is -2.32. The second-order valence-electron chi connectivity index (χ2n) is 8.02. The van der Waals surface area contributed by atoms with Gasteiger partial charge in [0, 0.05) is 24.7 Å². The van der Waals surface area contributed by atoms with Gasteiger partial charge in [-0.2, -0.15) is 0 Å². The highest BCUT2D eigenvalue weighted by Gasteiger charge is 2.33. The molecule has 2 aliphatic heterocycles. The van der Waals surface area contributed by atoms with Gasteiger partial charge in [-0.15, -0.1) is 0 Å². The number of rotatable bonds is 6. The molecule has 1 aromatic carbocycles. The first-order chi connectivity index (χ1) is 13.3. The van der Waals surface area contributed by atoms with Crippen molar-refractivity contribution >= 4 is 32.9 Å². The lowest BCUT2D eigenvalue weighted by molar-refractivity contribution is -0.908. The monoisotopic (exact) mass is 426 g/mol.